The van der Waals surface area contributed by atoms with Crippen LogP contribution in [0.25, 0.3) is 22.2 Å². The summed E-state index contributed by atoms with van der Waals surface area (Å²) in [7, 11) is 0. The Labute approximate surface area is 139 Å². The smallest absolute Gasteiger partial charge is 0.242 e. The van der Waals surface area contributed by atoms with E-state index in [4.69, 9.17) is 0 Å². The summed E-state index contributed by atoms with van der Waals surface area (Å²) in [5, 5.41) is 0. The predicted molar refractivity (Wildman–Crippen MR) is 90.9 cm³/mol. The Morgan fingerprint density at radius 2 is 1.96 bits per heavy atom. The summed E-state index contributed by atoms with van der Waals surface area (Å²) in [6.45, 7) is 2.02. The normalized spacial score (nSPS) is 14.5. The van der Waals surface area contributed by atoms with Gasteiger partial charge in [0.25, 0.3) is 0 Å². The van der Waals surface area contributed by atoms with Gasteiger partial charge in [-0.05, 0) is 42.7 Å². The van der Waals surface area contributed by atoms with E-state index in [2.05, 4.69) is 4.98 Å². The molecule has 0 aliphatic carbocycles. The molecule has 2 aromatic heterocycles. The maximum atomic E-state index is 13.5. The summed E-state index contributed by atoms with van der Waals surface area (Å²) in [4.78, 5) is 18.7. The summed E-state index contributed by atoms with van der Waals surface area (Å²) in [6.07, 6.45) is 5.80. The van der Waals surface area contributed by atoms with Crippen molar-refractivity contribution in [1.82, 2.24) is 14.5 Å². The van der Waals surface area contributed by atoms with Gasteiger partial charge in [0, 0.05) is 31.0 Å². The number of hydrogen-bond acceptors (Lipinski definition) is 2. The van der Waals surface area contributed by atoms with Crippen molar-refractivity contribution < 1.29 is 9.18 Å². The molecule has 0 unspecified atom stereocenters. The summed E-state index contributed by atoms with van der Waals surface area (Å²) in [6, 6.07) is 10.3. The quantitative estimate of drug-likeness (QED) is 0.740. The molecule has 3 heterocycles. The van der Waals surface area contributed by atoms with Gasteiger partial charge in [-0.3, -0.25) is 9.78 Å². The SMILES string of the molecule is O=C(Cn1ccc2ncc(-c3cccc(F)c3)cc21)N1CCCC1. The average molecular weight is 323 g/mol. The van der Waals surface area contributed by atoms with Crippen LogP contribution in [0.5, 0.6) is 0 Å². The molecule has 1 aliphatic heterocycles. The molecule has 0 spiro atoms. The van der Waals surface area contributed by atoms with Gasteiger partial charge in [-0.1, -0.05) is 12.1 Å². The Hall–Kier alpha value is -2.69. The van der Waals surface area contributed by atoms with Crippen LogP contribution in [0.3, 0.4) is 0 Å². The summed E-state index contributed by atoms with van der Waals surface area (Å²) in [5.41, 5.74) is 3.35. The van der Waals surface area contributed by atoms with Crippen molar-refractivity contribution in [2.24, 2.45) is 0 Å². The molecule has 0 bridgehead atoms. The second kappa shape index (κ2) is 6.07. The number of benzene rings is 1. The van der Waals surface area contributed by atoms with Crippen molar-refractivity contribution in [3.8, 4) is 11.1 Å². The van der Waals surface area contributed by atoms with E-state index in [9.17, 15) is 9.18 Å². The van der Waals surface area contributed by atoms with E-state index in [-0.39, 0.29) is 11.7 Å². The Bertz CT molecular complexity index is 897. The number of hydrogen-bond donors (Lipinski definition) is 0. The van der Waals surface area contributed by atoms with E-state index in [0.717, 1.165) is 48.1 Å². The van der Waals surface area contributed by atoms with Gasteiger partial charge in [0.15, 0.2) is 0 Å². The minimum atomic E-state index is -0.271. The number of carbonyl (C=O) groups excluding carboxylic acids is 1. The van der Waals surface area contributed by atoms with E-state index >= 15 is 0 Å². The topological polar surface area (TPSA) is 38.1 Å². The molecule has 1 amide bonds. The van der Waals surface area contributed by atoms with Crippen LogP contribution >= 0.6 is 0 Å². The highest BCUT2D eigenvalue weighted by molar-refractivity contribution is 5.84. The molecule has 3 aromatic rings. The first-order chi connectivity index (χ1) is 11.7. The van der Waals surface area contributed by atoms with Crippen LogP contribution < -0.4 is 0 Å². The number of aromatic nitrogens is 2. The number of rotatable bonds is 3. The van der Waals surface area contributed by atoms with Crippen LogP contribution in [-0.2, 0) is 11.3 Å². The largest absolute Gasteiger partial charge is 0.341 e. The second-order valence-electron chi connectivity index (χ2n) is 6.17. The van der Waals surface area contributed by atoms with Gasteiger partial charge in [0.2, 0.25) is 5.91 Å². The Balaban J connectivity index is 1.67. The first-order valence-corrected chi connectivity index (χ1v) is 8.19. The number of fused-ring (bicyclic) bond motifs is 1. The van der Waals surface area contributed by atoms with Crippen LogP contribution in [0.15, 0.2) is 48.8 Å². The lowest BCUT2D eigenvalue weighted by atomic mass is 10.1. The van der Waals surface area contributed by atoms with E-state index in [1.54, 1.807) is 12.3 Å². The van der Waals surface area contributed by atoms with Gasteiger partial charge in [-0.15, -0.1) is 0 Å². The van der Waals surface area contributed by atoms with Gasteiger partial charge in [0.1, 0.15) is 12.4 Å². The molecule has 4 nitrogen and oxygen atoms in total. The van der Waals surface area contributed by atoms with Crippen molar-refractivity contribution in [3.63, 3.8) is 0 Å². The molecular formula is C19H18FN3O. The molecule has 5 heteroatoms. The zero-order chi connectivity index (χ0) is 16.5. The number of halogens is 1. The van der Waals surface area contributed by atoms with Crippen LogP contribution in [-0.4, -0.2) is 33.4 Å². The number of carbonyl (C=O) groups is 1. The molecule has 1 saturated heterocycles. The molecule has 4 rings (SSSR count). The zero-order valence-corrected chi connectivity index (χ0v) is 13.3. The van der Waals surface area contributed by atoms with Gasteiger partial charge in [-0.25, -0.2) is 4.39 Å². The van der Waals surface area contributed by atoms with Gasteiger partial charge in [0.05, 0.1) is 11.0 Å². The Morgan fingerprint density at radius 3 is 2.75 bits per heavy atom. The van der Waals surface area contributed by atoms with Crippen molar-refractivity contribution in [2.45, 2.75) is 19.4 Å². The maximum Gasteiger partial charge on any atom is 0.242 e. The number of likely N-dealkylation sites (tertiary alicyclic amines) is 1. The molecule has 1 aliphatic rings. The Morgan fingerprint density at radius 1 is 1.12 bits per heavy atom. The molecule has 0 N–H and O–H groups in total. The summed E-state index contributed by atoms with van der Waals surface area (Å²) < 4.78 is 15.4. The predicted octanol–water partition coefficient (Wildman–Crippen LogP) is 3.46. The lowest BCUT2D eigenvalue weighted by Crippen LogP contribution is -2.30. The molecule has 0 saturated carbocycles. The summed E-state index contributed by atoms with van der Waals surface area (Å²) >= 11 is 0. The maximum absolute atomic E-state index is 13.5. The highest BCUT2D eigenvalue weighted by Crippen LogP contribution is 2.24. The standard InChI is InChI=1S/C19H18FN3O/c20-16-5-3-4-14(10-16)15-11-18-17(21-12-15)6-9-23(18)13-19(24)22-7-1-2-8-22/h3-6,9-12H,1-2,7-8,13H2. The third kappa shape index (κ3) is 2.77. The van der Waals surface area contributed by atoms with E-state index in [1.165, 1.54) is 12.1 Å². The van der Waals surface area contributed by atoms with Gasteiger partial charge >= 0.3 is 0 Å². The van der Waals surface area contributed by atoms with Crippen molar-refractivity contribution in [1.29, 1.82) is 0 Å². The molecule has 1 fully saturated rings. The van der Waals surface area contributed by atoms with Crippen molar-refractivity contribution in [3.05, 3.63) is 54.6 Å². The fraction of sp³-hybridized carbons (Fsp3) is 0.263. The lowest BCUT2D eigenvalue weighted by Gasteiger charge is -2.16. The second-order valence-corrected chi connectivity index (χ2v) is 6.17. The highest BCUT2D eigenvalue weighted by Gasteiger charge is 2.18. The molecule has 1 aromatic carbocycles. The number of amides is 1. The minimum Gasteiger partial charge on any atom is -0.341 e. The third-order valence-electron chi connectivity index (χ3n) is 4.54. The Kier molecular flexibility index (Phi) is 3.76. The molecule has 122 valence electrons. The highest BCUT2D eigenvalue weighted by atomic mass is 19.1. The van der Waals surface area contributed by atoms with E-state index in [1.807, 2.05) is 33.9 Å². The van der Waals surface area contributed by atoms with Crippen LogP contribution in [0.1, 0.15) is 12.8 Å². The van der Waals surface area contributed by atoms with Crippen LogP contribution in [0.4, 0.5) is 4.39 Å². The van der Waals surface area contributed by atoms with Crippen molar-refractivity contribution in [2.75, 3.05) is 13.1 Å². The lowest BCUT2D eigenvalue weighted by molar-refractivity contribution is -0.130. The fourth-order valence-electron chi connectivity index (χ4n) is 3.24. The van der Waals surface area contributed by atoms with Gasteiger partial charge in [-0.2, -0.15) is 0 Å². The van der Waals surface area contributed by atoms with E-state index < -0.39 is 0 Å². The fourth-order valence-corrected chi connectivity index (χ4v) is 3.24. The number of nitrogens with zero attached hydrogens (tertiary/aromatic N) is 3. The third-order valence-corrected chi connectivity index (χ3v) is 4.54. The molecular weight excluding hydrogens is 305 g/mol. The van der Waals surface area contributed by atoms with E-state index in [0.29, 0.717) is 6.54 Å². The minimum absolute atomic E-state index is 0.140. The monoisotopic (exact) mass is 323 g/mol. The first kappa shape index (κ1) is 14.9. The zero-order valence-electron chi connectivity index (χ0n) is 13.3. The summed E-state index contributed by atoms with van der Waals surface area (Å²) in [5.74, 6) is -0.131. The van der Waals surface area contributed by atoms with Crippen LogP contribution in [0.2, 0.25) is 0 Å². The number of pyridine rings is 1. The van der Waals surface area contributed by atoms with Gasteiger partial charge < -0.3 is 9.47 Å². The first-order valence-electron chi connectivity index (χ1n) is 8.19. The van der Waals surface area contributed by atoms with Crippen molar-refractivity contribution >= 4 is 16.9 Å². The average Bonchev–Trinajstić information content (AvgIpc) is 3.25. The van der Waals surface area contributed by atoms with Crippen LogP contribution in [0, 0.1) is 5.82 Å². The molecule has 0 radical (unpaired) electrons. The molecule has 24 heavy (non-hydrogen) atoms. The molecule has 0 atom stereocenters.